The lowest BCUT2D eigenvalue weighted by atomic mass is 10.1. The van der Waals surface area contributed by atoms with Crippen molar-refractivity contribution in [2.24, 2.45) is 0 Å². The number of esters is 1. The van der Waals surface area contributed by atoms with Gasteiger partial charge in [0.25, 0.3) is 11.8 Å². The third-order valence-corrected chi connectivity index (χ3v) is 4.37. The van der Waals surface area contributed by atoms with Crippen LogP contribution in [0.3, 0.4) is 0 Å². The molecule has 2 aromatic rings. The summed E-state index contributed by atoms with van der Waals surface area (Å²) < 4.78 is 23.8. The average Bonchev–Trinajstić information content (AvgIpc) is 2.92. The maximum Gasteiger partial charge on any atom is 0.308 e. The van der Waals surface area contributed by atoms with Crippen LogP contribution in [-0.2, 0) is 14.4 Å². The summed E-state index contributed by atoms with van der Waals surface area (Å²) in [6, 6.07) is 8.23. The quantitative estimate of drug-likeness (QED) is 0.336. The molecule has 1 N–H and O–H groups in total. The number of anilines is 1. The molecule has 0 aliphatic carbocycles. The number of nitrogens with one attached hydrogen (secondary N) is 1. The molecule has 0 radical (unpaired) electrons. The van der Waals surface area contributed by atoms with Crippen molar-refractivity contribution in [1.82, 2.24) is 5.43 Å². The summed E-state index contributed by atoms with van der Waals surface area (Å²) in [5.74, 6) is -1.73. The summed E-state index contributed by atoms with van der Waals surface area (Å²) in [7, 11) is 1.40. The first kappa shape index (κ1) is 19.6. The van der Waals surface area contributed by atoms with Crippen LogP contribution in [0.25, 0.3) is 6.08 Å². The first-order valence-electron chi connectivity index (χ1n) is 7.99. The van der Waals surface area contributed by atoms with E-state index in [1.807, 2.05) is 0 Å². The zero-order chi connectivity index (χ0) is 20.4. The van der Waals surface area contributed by atoms with Crippen molar-refractivity contribution in [3.63, 3.8) is 0 Å². The highest BCUT2D eigenvalue weighted by atomic mass is 79.9. The number of hydrogen-bond donors (Lipinski definition) is 1. The predicted molar refractivity (Wildman–Crippen MR) is 102 cm³/mol. The van der Waals surface area contributed by atoms with E-state index in [9.17, 15) is 18.8 Å². The molecule has 0 atom stereocenters. The molecule has 1 aliphatic rings. The average molecular weight is 449 g/mol. The Kier molecular flexibility index (Phi) is 5.46. The number of methoxy groups -OCH3 is 1. The molecular formula is C19H14BrFN2O5. The van der Waals surface area contributed by atoms with Crippen molar-refractivity contribution in [3.8, 4) is 11.5 Å². The first-order valence-corrected chi connectivity index (χ1v) is 8.78. The van der Waals surface area contributed by atoms with E-state index in [1.165, 1.54) is 50.4 Å². The third-order valence-electron chi connectivity index (χ3n) is 3.78. The summed E-state index contributed by atoms with van der Waals surface area (Å²) in [5.41, 5.74) is 3.12. The van der Waals surface area contributed by atoms with Crippen LogP contribution in [0.4, 0.5) is 10.1 Å². The number of nitrogens with zero attached hydrogens (tertiary/aromatic N) is 1. The van der Waals surface area contributed by atoms with Crippen molar-refractivity contribution >= 4 is 45.5 Å². The van der Waals surface area contributed by atoms with E-state index in [0.29, 0.717) is 15.7 Å². The standard InChI is InChI=1S/C19H14BrFN2O5/c1-10(24)28-17-15(20)8-11(9-16(17)27-2)7-14-18(25)22-23(19(14)26)13-5-3-12(21)4-6-13/h3-9H,1-2H3,(H,22,25)/b14-7-. The van der Waals surface area contributed by atoms with Crippen LogP contribution in [0.2, 0.25) is 0 Å². The van der Waals surface area contributed by atoms with E-state index in [4.69, 9.17) is 9.47 Å². The lowest BCUT2D eigenvalue weighted by Gasteiger charge is -2.14. The van der Waals surface area contributed by atoms with E-state index in [-0.39, 0.29) is 17.1 Å². The Bertz CT molecular complexity index is 1000. The molecule has 1 heterocycles. The van der Waals surface area contributed by atoms with E-state index in [0.717, 1.165) is 5.01 Å². The summed E-state index contributed by atoms with van der Waals surface area (Å²) in [6.07, 6.45) is 1.38. The fraction of sp³-hybridized carbons (Fsp3) is 0.105. The van der Waals surface area contributed by atoms with Crippen molar-refractivity contribution in [3.05, 3.63) is 57.8 Å². The molecule has 1 aliphatic heterocycles. The topological polar surface area (TPSA) is 84.9 Å². The van der Waals surface area contributed by atoms with Crippen molar-refractivity contribution in [2.75, 3.05) is 12.1 Å². The number of carbonyl (C=O) groups excluding carboxylic acids is 3. The molecule has 0 bridgehead atoms. The Morgan fingerprint density at radius 3 is 2.50 bits per heavy atom. The van der Waals surface area contributed by atoms with Crippen molar-refractivity contribution in [1.29, 1.82) is 0 Å². The van der Waals surface area contributed by atoms with Gasteiger partial charge in [0.05, 0.1) is 17.3 Å². The fourth-order valence-electron chi connectivity index (χ4n) is 2.56. The van der Waals surface area contributed by atoms with E-state index < -0.39 is 23.6 Å². The van der Waals surface area contributed by atoms with Gasteiger partial charge in [-0.3, -0.25) is 19.8 Å². The molecule has 1 saturated heterocycles. The molecule has 28 heavy (non-hydrogen) atoms. The lowest BCUT2D eigenvalue weighted by molar-refractivity contribution is -0.132. The number of benzene rings is 2. The highest BCUT2D eigenvalue weighted by Gasteiger charge is 2.34. The SMILES string of the molecule is COc1cc(/C=C2/C(=O)NN(c3ccc(F)cc3)C2=O)cc(Br)c1OC(C)=O. The monoisotopic (exact) mass is 448 g/mol. The molecule has 9 heteroatoms. The molecule has 1 fully saturated rings. The van der Waals surface area contributed by atoms with E-state index in [2.05, 4.69) is 21.4 Å². The van der Waals surface area contributed by atoms with Crippen LogP contribution in [0, 0.1) is 5.82 Å². The molecule has 7 nitrogen and oxygen atoms in total. The maximum absolute atomic E-state index is 13.1. The zero-order valence-electron chi connectivity index (χ0n) is 14.8. The van der Waals surface area contributed by atoms with E-state index in [1.54, 1.807) is 6.07 Å². The predicted octanol–water partition coefficient (Wildman–Crippen LogP) is 2.98. The summed E-state index contributed by atoms with van der Waals surface area (Å²) in [4.78, 5) is 36.1. The Balaban J connectivity index is 1.95. The first-order chi connectivity index (χ1) is 13.3. The highest BCUT2D eigenvalue weighted by molar-refractivity contribution is 9.10. The second-order valence-corrected chi connectivity index (χ2v) is 6.60. The third kappa shape index (κ3) is 3.89. The van der Waals surface area contributed by atoms with E-state index >= 15 is 0 Å². The number of amides is 2. The Hall–Kier alpha value is -3.20. The van der Waals surface area contributed by atoms with Crippen LogP contribution < -0.4 is 19.9 Å². The molecule has 2 amide bonds. The summed E-state index contributed by atoms with van der Waals surface area (Å²) >= 11 is 3.28. The maximum atomic E-state index is 13.1. The Morgan fingerprint density at radius 2 is 1.89 bits per heavy atom. The van der Waals surface area contributed by atoms with Gasteiger partial charge < -0.3 is 9.47 Å². The minimum absolute atomic E-state index is 0.112. The van der Waals surface area contributed by atoms with Gasteiger partial charge in [-0.2, -0.15) is 0 Å². The van der Waals surface area contributed by atoms with Crippen LogP contribution in [-0.4, -0.2) is 24.9 Å². The Labute approximate surface area is 167 Å². The summed E-state index contributed by atoms with van der Waals surface area (Å²) in [5, 5.41) is 1.03. The molecule has 0 spiro atoms. The van der Waals surface area contributed by atoms with Gasteiger partial charge in [0.1, 0.15) is 11.4 Å². The van der Waals surface area contributed by atoms with Crippen LogP contribution in [0.5, 0.6) is 11.5 Å². The van der Waals surface area contributed by atoms with Gasteiger partial charge in [-0.15, -0.1) is 0 Å². The number of hydrogen-bond acceptors (Lipinski definition) is 5. The summed E-state index contributed by atoms with van der Waals surface area (Å²) in [6.45, 7) is 1.26. The largest absolute Gasteiger partial charge is 0.493 e. The minimum Gasteiger partial charge on any atom is -0.493 e. The minimum atomic E-state index is -0.603. The normalized spacial score (nSPS) is 15.0. The van der Waals surface area contributed by atoms with Gasteiger partial charge in [0, 0.05) is 6.92 Å². The van der Waals surface area contributed by atoms with Gasteiger partial charge in [-0.25, -0.2) is 9.40 Å². The van der Waals surface area contributed by atoms with Crippen molar-refractivity contribution < 1.29 is 28.2 Å². The molecule has 2 aromatic carbocycles. The van der Waals surface area contributed by atoms with Gasteiger partial charge in [-0.05, 0) is 64.0 Å². The lowest BCUT2D eigenvalue weighted by Crippen LogP contribution is -2.35. The molecule has 0 unspecified atom stereocenters. The number of hydrazine groups is 1. The van der Waals surface area contributed by atoms with Crippen molar-refractivity contribution in [2.45, 2.75) is 6.92 Å². The molecule has 0 aromatic heterocycles. The second kappa shape index (κ2) is 7.81. The van der Waals surface area contributed by atoms with Gasteiger partial charge in [0.2, 0.25) is 0 Å². The highest BCUT2D eigenvalue weighted by Crippen LogP contribution is 2.37. The van der Waals surface area contributed by atoms with Crippen LogP contribution >= 0.6 is 15.9 Å². The molecule has 3 rings (SSSR count). The fourth-order valence-corrected chi connectivity index (χ4v) is 3.10. The number of halogens is 2. The smallest absolute Gasteiger partial charge is 0.308 e. The van der Waals surface area contributed by atoms with Crippen LogP contribution in [0.15, 0.2) is 46.4 Å². The van der Waals surface area contributed by atoms with Gasteiger partial charge >= 0.3 is 5.97 Å². The molecule has 144 valence electrons. The number of rotatable bonds is 4. The van der Waals surface area contributed by atoms with Gasteiger partial charge in [0.15, 0.2) is 11.5 Å². The number of carbonyl (C=O) groups is 3. The molecular weight excluding hydrogens is 435 g/mol. The van der Waals surface area contributed by atoms with Crippen LogP contribution in [0.1, 0.15) is 12.5 Å². The zero-order valence-corrected chi connectivity index (χ0v) is 16.4. The number of ether oxygens (including phenoxy) is 2. The molecule has 0 saturated carbocycles. The Morgan fingerprint density at radius 1 is 1.21 bits per heavy atom. The second-order valence-electron chi connectivity index (χ2n) is 5.74. The van der Waals surface area contributed by atoms with Gasteiger partial charge in [-0.1, -0.05) is 0 Å².